The number of anilines is 1. The maximum absolute atomic E-state index is 12.7. The van der Waals surface area contributed by atoms with Crippen LogP contribution < -0.4 is 5.32 Å². The van der Waals surface area contributed by atoms with Crippen LogP contribution in [0.25, 0.3) is 11.4 Å². The molecule has 0 spiro atoms. The molecule has 0 aliphatic heterocycles. The molecule has 9 nitrogen and oxygen atoms in total. The van der Waals surface area contributed by atoms with Crippen LogP contribution in [0.2, 0.25) is 0 Å². The highest BCUT2D eigenvalue weighted by Crippen LogP contribution is 2.33. The molecule has 3 aromatic heterocycles. The zero-order chi connectivity index (χ0) is 23.1. The van der Waals surface area contributed by atoms with Crippen LogP contribution in [0.1, 0.15) is 27.7 Å². The summed E-state index contributed by atoms with van der Waals surface area (Å²) in [5.74, 6) is 0.119. The predicted molar refractivity (Wildman–Crippen MR) is 124 cm³/mol. The van der Waals surface area contributed by atoms with E-state index in [2.05, 4.69) is 20.5 Å². The predicted octanol–water partition coefficient (Wildman–Crippen LogP) is 3.57. The van der Waals surface area contributed by atoms with Gasteiger partial charge in [-0.15, -0.1) is 21.5 Å². The summed E-state index contributed by atoms with van der Waals surface area (Å²) in [5, 5.41) is 12.5. The van der Waals surface area contributed by atoms with Gasteiger partial charge in [0, 0.05) is 29.9 Å². The van der Waals surface area contributed by atoms with Gasteiger partial charge in [-0.3, -0.25) is 14.3 Å². The molecule has 0 atom stereocenters. The van der Waals surface area contributed by atoms with Crippen LogP contribution >= 0.6 is 23.1 Å². The Labute approximate surface area is 194 Å². The summed E-state index contributed by atoms with van der Waals surface area (Å²) >= 11 is 2.63. The quantitative estimate of drug-likeness (QED) is 0.350. The summed E-state index contributed by atoms with van der Waals surface area (Å²) < 4.78 is 12.3. The Hall–Kier alpha value is -2.76. The molecule has 1 N–H and O–H groups in total. The average molecular weight is 476 g/mol. The molecule has 11 heteroatoms. The molecular weight excluding hydrogens is 450 g/mol. The minimum atomic E-state index is -0.432. The SMILES string of the molecule is CCOC(=O)c1c(NC(=O)CSc2nnc(-c3ccncc3)n2CCOC)sc(C)c1C. The summed E-state index contributed by atoms with van der Waals surface area (Å²) in [6.07, 6.45) is 3.38. The lowest BCUT2D eigenvalue weighted by molar-refractivity contribution is -0.113. The Morgan fingerprint density at radius 3 is 2.66 bits per heavy atom. The number of amides is 1. The molecule has 170 valence electrons. The van der Waals surface area contributed by atoms with Gasteiger partial charge < -0.3 is 14.8 Å². The number of rotatable bonds is 10. The number of nitrogens with one attached hydrogen (secondary N) is 1. The lowest BCUT2D eigenvalue weighted by Crippen LogP contribution is -2.17. The molecule has 0 radical (unpaired) electrons. The molecule has 0 bridgehead atoms. The minimum Gasteiger partial charge on any atom is -0.462 e. The molecule has 0 saturated heterocycles. The molecule has 1 amide bonds. The third kappa shape index (κ3) is 5.53. The number of carbonyl (C=O) groups is 2. The van der Waals surface area contributed by atoms with Gasteiger partial charge in [0.25, 0.3) is 0 Å². The van der Waals surface area contributed by atoms with Crippen LogP contribution in [0.5, 0.6) is 0 Å². The third-order valence-corrected chi connectivity index (χ3v) is 6.71. The summed E-state index contributed by atoms with van der Waals surface area (Å²) in [6.45, 7) is 6.80. The molecule has 0 aliphatic carbocycles. The van der Waals surface area contributed by atoms with E-state index < -0.39 is 5.97 Å². The van der Waals surface area contributed by atoms with E-state index >= 15 is 0 Å². The molecule has 3 rings (SSSR count). The van der Waals surface area contributed by atoms with E-state index in [0.29, 0.717) is 34.7 Å². The standard InChI is InChI=1S/C21H25N5O4S2/c1-5-30-20(28)17-13(2)14(3)32-19(17)23-16(27)12-31-21-25-24-18(26(21)10-11-29-4)15-6-8-22-9-7-15/h6-9H,5,10-12H2,1-4H3,(H,23,27). The topological polar surface area (TPSA) is 108 Å². The van der Waals surface area contributed by atoms with Crippen LogP contribution in [-0.4, -0.2) is 57.7 Å². The van der Waals surface area contributed by atoms with Crippen LogP contribution in [0.3, 0.4) is 0 Å². The van der Waals surface area contributed by atoms with E-state index in [0.717, 1.165) is 16.0 Å². The van der Waals surface area contributed by atoms with Gasteiger partial charge in [0.05, 0.1) is 31.1 Å². The second-order valence-electron chi connectivity index (χ2n) is 6.73. The number of thioether (sulfide) groups is 1. The van der Waals surface area contributed by atoms with Crippen LogP contribution in [0.4, 0.5) is 5.00 Å². The van der Waals surface area contributed by atoms with Crippen molar-refractivity contribution in [3.8, 4) is 11.4 Å². The maximum atomic E-state index is 12.7. The zero-order valence-corrected chi connectivity index (χ0v) is 20.0. The third-order valence-electron chi connectivity index (χ3n) is 4.62. The molecule has 32 heavy (non-hydrogen) atoms. The highest BCUT2D eigenvalue weighted by Gasteiger charge is 2.22. The Morgan fingerprint density at radius 1 is 1.22 bits per heavy atom. The molecule has 0 aromatic carbocycles. The first-order chi connectivity index (χ1) is 15.5. The van der Waals surface area contributed by atoms with Gasteiger partial charge in [-0.05, 0) is 38.5 Å². The van der Waals surface area contributed by atoms with Gasteiger partial charge in [0.15, 0.2) is 11.0 Å². The largest absolute Gasteiger partial charge is 0.462 e. The first-order valence-electron chi connectivity index (χ1n) is 9.98. The van der Waals surface area contributed by atoms with Crippen LogP contribution in [-0.2, 0) is 20.8 Å². The van der Waals surface area contributed by atoms with Crippen molar-refractivity contribution in [3.63, 3.8) is 0 Å². The average Bonchev–Trinajstić information content (AvgIpc) is 3.31. The Morgan fingerprint density at radius 2 is 1.97 bits per heavy atom. The van der Waals surface area contributed by atoms with Gasteiger partial charge in [0.1, 0.15) is 5.00 Å². The first-order valence-corrected chi connectivity index (χ1v) is 11.8. The number of aryl methyl sites for hydroxylation is 1. The molecular formula is C21H25N5O4S2. The Bertz CT molecular complexity index is 1080. The zero-order valence-electron chi connectivity index (χ0n) is 18.4. The molecule has 0 saturated carbocycles. The van der Waals surface area contributed by atoms with Crippen molar-refractivity contribution >= 4 is 40.0 Å². The van der Waals surface area contributed by atoms with E-state index in [9.17, 15) is 9.59 Å². The number of thiophene rings is 1. The van der Waals surface area contributed by atoms with Crippen LogP contribution in [0.15, 0.2) is 29.7 Å². The van der Waals surface area contributed by atoms with Crippen molar-refractivity contribution < 1.29 is 19.1 Å². The number of hydrogen-bond donors (Lipinski definition) is 1. The monoisotopic (exact) mass is 475 g/mol. The fourth-order valence-electron chi connectivity index (χ4n) is 2.95. The molecule has 0 aliphatic rings. The van der Waals surface area contributed by atoms with Crippen molar-refractivity contribution in [3.05, 3.63) is 40.5 Å². The number of pyridine rings is 1. The molecule has 0 fully saturated rings. The van der Waals surface area contributed by atoms with Gasteiger partial charge in [-0.25, -0.2) is 4.79 Å². The molecule has 3 aromatic rings. The van der Waals surface area contributed by atoms with Crippen molar-refractivity contribution in [2.45, 2.75) is 32.5 Å². The maximum Gasteiger partial charge on any atom is 0.341 e. The van der Waals surface area contributed by atoms with E-state index in [4.69, 9.17) is 9.47 Å². The van der Waals surface area contributed by atoms with Gasteiger partial charge >= 0.3 is 5.97 Å². The number of methoxy groups -OCH3 is 1. The molecule has 3 heterocycles. The summed E-state index contributed by atoms with van der Waals surface area (Å²) in [4.78, 5) is 30.0. The number of hydrogen-bond acceptors (Lipinski definition) is 9. The summed E-state index contributed by atoms with van der Waals surface area (Å²) in [5.41, 5.74) is 2.11. The number of esters is 1. The lowest BCUT2D eigenvalue weighted by atomic mass is 10.1. The molecule has 0 unspecified atom stereocenters. The number of ether oxygens (including phenoxy) is 2. The summed E-state index contributed by atoms with van der Waals surface area (Å²) in [7, 11) is 1.63. The highest BCUT2D eigenvalue weighted by atomic mass is 32.2. The van der Waals surface area contributed by atoms with E-state index in [1.165, 1.54) is 23.1 Å². The number of carbonyl (C=O) groups excluding carboxylic acids is 2. The van der Waals surface area contributed by atoms with Gasteiger partial charge in [-0.1, -0.05) is 11.8 Å². The smallest absolute Gasteiger partial charge is 0.341 e. The minimum absolute atomic E-state index is 0.111. The van der Waals surface area contributed by atoms with E-state index in [-0.39, 0.29) is 18.3 Å². The highest BCUT2D eigenvalue weighted by molar-refractivity contribution is 7.99. The van der Waals surface area contributed by atoms with E-state index in [1.807, 2.05) is 30.5 Å². The normalized spacial score (nSPS) is 10.9. The van der Waals surface area contributed by atoms with E-state index in [1.54, 1.807) is 26.4 Å². The summed E-state index contributed by atoms with van der Waals surface area (Å²) in [6, 6.07) is 3.71. The van der Waals surface area contributed by atoms with Gasteiger partial charge in [0.2, 0.25) is 5.91 Å². The Kier molecular flexibility index (Phi) is 8.37. The first kappa shape index (κ1) is 23.9. The van der Waals surface area contributed by atoms with Gasteiger partial charge in [-0.2, -0.15) is 0 Å². The second-order valence-corrected chi connectivity index (χ2v) is 8.90. The Balaban J connectivity index is 1.74. The van der Waals surface area contributed by atoms with Crippen LogP contribution in [0, 0.1) is 13.8 Å². The fraction of sp³-hybridized carbons (Fsp3) is 0.381. The van der Waals surface area contributed by atoms with Crippen molar-refractivity contribution in [2.75, 3.05) is 31.4 Å². The van der Waals surface area contributed by atoms with Crippen molar-refractivity contribution in [1.29, 1.82) is 0 Å². The number of nitrogens with zero attached hydrogens (tertiary/aromatic N) is 4. The van der Waals surface area contributed by atoms with Crippen molar-refractivity contribution in [1.82, 2.24) is 19.7 Å². The number of aromatic nitrogens is 4. The lowest BCUT2D eigenvalue weighted by Gasteiger charge is -2.10. The van der Waals surface area contributed by atoms with Crippen molar-refractivity contribution in [2.24, 2.45) is 0 Å². The second kappa shape index (κ2) is 11.2. The fourth-order valence-corrected chi connectivity index (χ4v) is 4.78.